The number of carbonyl (C=O) groups is 5. The summed E-state index contributed by atoms with van der Waals surface area (Å²) in [6, 6.07) is 10.5. The van der Waals surface area contributed by atoms with Crippen LogP contribution in [0, 0.1) is 0 Å². The first kappa shape index (κ1) is 38.1. The summed E-state index contributed by atoms with van der Waals surface area (Å²) >= 11 is 0. The fraction of sp³-hybridized carbons (Fsp3) is 0.545. The van der Waals surface area contributed by atoms with Crippen molar-refractivity contribution in [1.29, 1.82) is 0 Å². The van der Waals surface area contributed by atoms with Crippen LogP contribution >= 0.6 is 0 Å². The van der Waals surface area contributed by atoms with Gasteiger partial charge in [-0.1, -0.05) is 24.3 Å². The molecular formula is C33H44N5O10-3. The monoisotopic (exact) mass is 670 g/mol. The van der Waals surface area contributed by atoms with Crippen molar-refractivity contribution in [1.82, 2.24) is 24.9 Å². The molecule has 1 heterocycles. The molecule has 2 N–H and O–H groups in total. The van der Waals surface area contributed by atoms with E-state index in [-0.39, 0.29) is 71.2 Å². The zero-order chi connectivity index (χ0) is 35.2. The smallest absolute Gasteiger partial charge is 0.320 e. The number of hydrogen-bond acceptors (Lipinski definition) is 13. The molecule has 0 aliphatic carbocycles. The molecule has 2 aromatic carbocycles. The average Bonchev–Trinajstić information content (AvgIpc) is 3.03. The van der Waals surface area contributed by atoms with Gasteiger partial charge in [-0.3, -0.25) is 29.2 Å². The number of nitrogens with zero attached hydrogens (tertiary/aromatic N) is 4. The van der Waals surface area contributed by atoms with Crippen LogP contribution in [0.3, 0.4) is 0 Å². The number of carboxylic acid groups (broad SMARTS) is 4. The van der Waals surface area contributed by atoms with Crippen LogP contribution < -0.4 is 25.4 Å². The van der Waals surface area contributed by atoms with Crippen molar-refractivity contribution >= 4 is 40.6 Å². The molecule has 2 aromatic rings. The minimum Gasteiger partial charge on any atom is -0.549 e. The van der Waals surface area contributed by atoms with Crippen molar-refractivity contribution in [2.24, 2.45) is 0 Å². The molecule has 3 rings (SSSR count). The molecule has 0 radical (unpaired) electrons. The molecule has 1 aliphatic heterocycles. The molecule has 15 heteroatoms. The Bertz CT molecular complexity index is 1390. The molecule has 2 atom stereocenters. The Morgan fingerprint density at radius 1 is 0.771 bits per heavy atom. The van der Waals surface area contributed by atoms with Crippen molar-refractivity contribution < 1.29 is 49.1 Å². The molecular weight excluding hydrogens is 626 g/mol. The number of hydrogen-bond donors (Lipinski definition) is 2. The lowest BCUT2D eigenvalue weighted by atomic mass is 9.97. The van der Waals surface area contributed by atoms with Gasteiger partial charge in [0.2, 0.25) is 5.91 Å². The predicted octanol–water partition coefficient (Wildman–Crippen LogP) is -3.23. The highest BCUT2D eigenvalue weighted by Gasteiger charge is 2.27. The van der Waals surface area contributed by atoms with Gasteiger partial charge in [0, 0.05) is 78.5 Å². The van der Waals surface area contributed by atoms with Crippen LogP contribution in [0.5, 0.6) is 5.75 Å². The minimum absolute atomic E-state index is 0.140. The van der Waals surface area contributed by atoms with Gasteiger partial charge >= 0.3 is 5.97 Å². The standard InChI is InChI=1S/C33H47N5O10/c1-23(24-5-6-26-19-27(48-2)8-7-25(26)18-24)32(45)34-9-3-4-28(33(46)47)38-16-14-36(21-30(41)42)12-10-35(20-29(39)40)11-13-37(15-17-38)22-31(43)44/h5-8,18-19,23,28H,3-4,9-17,20-22H2,1-2H3,(H,34,45)(H,39,40)(H,41,42)(H,43,44)(H,46,47)/p-3/t23-,28?/m0/s1. The van der Waals surface area contributed by atoms with Crippen LogP contribution in [0.2, 0.25) is 0 Å². The summed E-state index contributed by atoms with van der Waals surface area (Å²) in [6.45, 7) is 1.94. The van der Waals surface area contributed by atoms with Gasteiger partial charge in [-0.2, -0.15) is 0 Å². The van der Waals surface area contributed by atoms with Crippen LogP contribution in [-0.4, -0.2) is 146 Å². The highest BCUT2D eigenvalue weighted by atomic mass is 16.5. The van der Waals surface area contributed by atoms with Crippen LogP contribution in [0.1, 0.15) is 31.2 Å². The zero-order valence-corrected chi connectivity index (χ0v) is 27.4. The maximum absolute atomic E-state index is 13.0. The second-order valence-corrected chi connectivity index (χ2v) is 12.0. The van der Waals surface area contributed by atoms with E-state index >= 15 is 0 Å². The Kier molecular flexibility index (Phi) is 15.0. The Labute approximate surface area is 279 Å². The van der Waals surface area contributed by atoms with E-state index in [4.69, 9.17) is 4.74 Å². The lowest BCUT2D eigenvalue weighted by molar-refractivity contribution is -0.308. The number of methoxy groups -OCH3 is 1. The van der Waals surface area contributed by atoms with Crippen LogP contribution in [0.4, 0.5) is 0 Å². The Hall–Kier alpha value is -4.31. The van der Waals surface area contributed by atoms with Gasteiger partial charge < -0.3 is 44.9 Å². The summed E-state index contributed by atoms with van der Waals surface area (Å²) < 4.78 is 5.27. The zero-order valence-electron chi connectivity index (χ0n) is 27.4. The fourth-order valence-corrected chi connectivity index (χ4v) is 5.80. The van der Waals surface area contributed by atoms with E-state index in [1.807, 2.05) is 36.4 Å². The van der Waals surface area contributed by atoms with E-state index in [1.165, 1.54) is 4.90 Å². The van der Waals surface area contributed by atoms with Gasteiger partial charge in [0.05, 0.1) is 30.9 Å². The SMILES string of the molecule is COc1ccc2cc([C@H](C)C(=O)NCCCC(C(=O)O)N3CCN(CC(=O)[O-])CCN(CC(=O)[O-])CCN(CC(=O)[O-])CC3)ccc2c1. The number of benzene rings is 2. The number of carboxylic acids is 4. The molecule has 0 aromatic heterocycles. The quantitative estimate of drug-likeness (QED) is 0.179. The number of carbonyl (C=O) groups excluding carboxylic acids is 4. The lowest BCUT2D eigenvalue weighted by Gasteiger charge is -2.36. The van der Waals surface area contributed by atoms with Crippen LogP contribution in [0.25, 0.3) is 10.8 Å². The van der Waals surface area contributed by atoms with Gasteiger partial charge in [0.25, 0.3) is 0 Å². The fourth-order valence-electron chi connectivity index (χ4n) is 5.80. The highest BCUT2D eigenvalue weighted by Crippen LogP contribution is 2.25. The summed E-state index contributed by atoms with van der Waals surface area (Å²) in [5.74, 6) is -5.00. The minimum atomic E-state index is -1.33. The molecule has 1 aliphatic rings. The van der Waals surface area contributed by atoms with Crippen molar-refractivity contribution in [3.05, 3.63) is 42.0 Å². The van der Waals surface area contributed by atoms with E-state index in [0.29, 0.717) is 6.42 Å². The Balaban J connectivity index is 1.65. The third-order valence-corrected chi connectivity index (χ3v) is 8.57. The topological polar surface area (TPSA) is 209 Å². The molecule has 1 amide bonds. The summed E-state index contributed by atoms with van der Waals surface area (Å²) in [5, 5.41) is 49.2. The first-order valence-electron chi connectivity index (χ1n) is 15.9. The molecule has 0 bridgehead atoms. The third-order valence-electron chi connectivity index (χ3n) is 8.57. The molecule has 0 saturated carbocycles. The van der Waals surface area contributed by atoms with E-state index in [0.717, 1.165) is 22.1 Å². The largest absolute Gasteiger partial charge is 0.549 e. The van der Waals surface area contributed by atoms with E-state index < -0.39 is 55.5 Å². The van der Waals surface area contributed by atoms with E-state index in [2.05, 4.69) is 5.32 Å². The van der Waals surface area contributed by atoms with Crippen LogP contribution in [0.15, 0.2) is 36.4 Å². The average molecular weight is 671 g/mol. The Morgan fingerprint density at radius 2 is 1.25 bits per heavy atom. The summed E-state index contributed by atoms with van der Waals surface area (Å²) in [6.07, 6.45) is 0.509. The number of rotatable bonds is 15. The van der Waals surface area contributed by atoms with Crippen molar-refractivity contribution in [3.63, 3.8) is 0 Å². The molecule has 264 valence electrons. The lowest BCUT2D eigenvalue weighted by Crippen LogP contribution is -2.53. The number of ether oxygens (including phenoxy) is 1. The van der Waals surface area contributed by atoms with Gasteiger partial charge in [-0.05, 0) is 48.2 Å². The molecule has 1 saturated heterocycles. The van der Waals surface area contributed by atoms with Gasteiger partial charge in [0.15, 0.2) is 0 Å². The first-order valence-corrected chi connectivity index (χ1v) is 15.9. The molecule has 1 unspecified atom stereocenters. The highest BCUT2D eigenvalue weighted by molar-refractivity contribution is 5.88. The number of nitrogens with one attached hydrogen (secondary N) is 1. The van der Waals surface area contributed by atoms with E-state index in [9.17, 15) is 44.4 Å². The van der Waals surface area contributed by atoms with Crippen molar-refractivity contribution in [3.8, 4) is 5.75 Å². The second kappa shape index (κ2) is 18.9. The molecule has 15 nitrogen and oxygen atoms in total. The number of amides is 1. The van der Waals surface area contributed by atoms with Gasteiger partial charge in [0.1, 0.15) is 11.8 Å². The van der Waals surface area contributed by atoms with Gasteiger partial charge in [-0.25, -0.2) is 0 Å². The molecule has 48 heavy (non-hydrogen) atoms. The second-order valence-electron chi connectivity index (χ2n) is 12.0. The number of fused-ring (bicyclic) bond motifs is 1. The van der Waals surface area contributed by atoms with E-state index in [1.54, 1.807) is 28.7 Å². The van der Waals surface area contributed by atoms with Crippen LogP contribution in [-0.2, 0) is 24.0 Å². The summed E-state index contributed by atoms with van der Waals surface area (Å²) in [7, 11) is 1.60. The van der Waals surface area contributed by atoms with Crippen molar-refractivity contribution in [2.45, 2.75) is 31.7 Å². The summed E-state index contributed by atoms with van der Waals surface area (Å²) in [5.41, 5.74) is 0.831. The predicted molar refractivity (Wildman–Crippen MR) is 168 cm³/mol. The normalized spacial score (nSPS) is 17.5. The summed E-state index contributed by atoms with van der Waals surface area (Å²) in [4.78, 5) is 65.9. The molecule has 0 spiro atoms. The maximum atomic E-state index is 13.0. The van der Waals surface area contributed by atoms with Gasteiger partial charge in [-0.15, -0.1) is 0 Å². The Morgan fingerprint density at radius 3 is 1.73 bits per heavy atom. The molecule has 1 fully saturated rings. The maximum Gasteiger partial charge on any atom is 0.320 e. The third kappa shape index (κ3) is 12.4. The first-order chi connectivity index (χ1) is 22.9. The number of aliphatic carboxylic acids is 4. The van der Waals surface area contributed by atoms with Crippen molar-refractivity contribution in [2.75, 3.05) is 85.6 Å².